The second-order valence-electron chi connectivity index (χ2n) is 6.87. The van der Waals surface area contributed by atoms with Crippen molar-refractivity contribution in [1.29, 1.82) is 0 Å². The fraction of sp³-hybridized carbons (Fsp3) is 0.280. The fourth-order valence-corrected chi connectivity index (χ4v) is 3.18. The van der Waals surface area contributed by atoms with Gasteiger partial charge in [0.15, 0.2) is 0 Å². The Labute approximate surface area is 196 Å². The lowest BCUT2D eigenvalue weighted by atomic mass is 9.79. The minimum atomic E-state index is -4.69. The van der Waals surface area contributed by atoms with Crippen LogP contribution in [0, 0.1) is 5.82 Å². The maximum absolute atomic E-state index is 14.2. The Hall–Kier alpha value is -3.46. The third-order valence-corrected chi connectivity index (χ3v) is 4.85. The molecule has 0 saturated carbocycles. The summed E-state index contributed by atoms with van der Waals surface area (Å²) >= 11 is 0. The second-order valence-corrected chi connectivity index (χ2v) is 6.87. The van der Waals surface area contributed by atoms with Crippen molar-refractivity contribution in [2.45, 2.75) is 25.1 Å². The summed E-state index contributed by atoms with van der Waals surface area (Å²) in [4.78, 5) is 13.5. The molecule has 0 aliphatic rings. The quantitative estimate of drug-likeness (QED) is 0.273. The molecule has 0 saturated heterocycles. The number of ether oxygens (including phenoxy) is 2. The summed E-state index contributed by atoms with van der Waals surface area (Å²) in [6, 6.07) is 5.75. The van der Waals surface area contributed by atoms with E-state index in [0.717, 1.165) is 12.1 Å². The van der Waals surface area contributed by atoms with Gasteiger partial charge in [-0.2, -0.15) is 13.2 Å². The maximum Gasteiger partial charge on any atom is 0.416 e. The minimum absolute atomic E-state index is 0.0850. The standard InChI is InChI=1S/C22H22F4N2O.C3H6O2/c1-5-7-15(6-2)13-21(27-3,20-9-8-19(29-4)14-28-20)16-10-17(22(24,25)26)12-18(23)11-16;1-2-5-3-4/h5-12,14,27H,1-2,13H2,3-4H3;3H,2H2,1H3/b15-7+;. The molecular formula is C25H28F4N2O3. The van der Waals surface area contributed by atoms with E-state index in [1.165, 1.54) is 13.3 Å². The van der Waals surface area contributed by atoms with Crippen LogP contribution in [0.15, 0.2) is 73.5 Å². The Morgan fingerprint density at radius 3 is 2.26 bits per heavy atom. The van der Waals surface area contributed by atoms with Crippen LogP contribution in [0.2, 0.25) is 0 Å². The number of nitrogens with zero attached hydrogens (tertiary/aromatic N) is 1. The van der Waals surface area contributed by atoms with Crippen LogP contribution in [-0.4, -0.2) is 32.2 Å². The third-order valence-electron chi connectivity index (χ3n) is 4.85. The van der Waals surface area contributed by atoms with E-state index >= 15 is 0 Å². The molecule has 2 aromatic rings. The molecule has 0 bridgehead atoms. The zero-order valence-electron chi connectivity index (χ0n) is 19.3. The maximum atomic E-state index is 14.2. The number of nitrogens with one attached hydrogen (secondary N) is 1. The van der Waals surface area contributed by atoms with Crippen LogP contribution in [0.1, 0.15) is 30.2 Å². The van der Waals surface area contributed by atoms with E-state index in [2.05, 4.69) is 28.2 Å². The summed E-state index contributed by atoms with van der Waals surface area (Å²) in [5.74, 6) is -0.504. The zero-order valence-corrected chi connectivity index (χ0v) is 19.3. The van der Waals surface area contributed by atoms with E-state index in [0.29, 0.717) is 36.2 Å². The number of carbonyl (C=O) groups is 1. The van der Waals surface area contributed by atoms with Gasteiger partial charge in [0, 0.05) is 6.42 Å². The molecule has 0 amide bonds. The normalized spacial score (nSPS) is 13.1. The Bertz CT molecular complexity index is 989. The molecule has 1 atom stereocenters. The molecule has 9 heteroatoms. The number of aromatic nitrogens is 1. The van der Waals surface area contributed by atoms with Crippen molar-refractivity contribution in [3.05, 3.63) is 96.1 Å². The van der Waals surface area contributed by atoms with E-state index in [1.807, 2.05) is 0 Å². The van der Waals surface area contributed by atoms with E-state index < -0.39 is 23.1 Å². The Morgan fingerprint density at radius 2 is 1.85 bits per heavy atom. The Kier molecular flexibility index (Phi) is 11.2. The molecule has 1 aromatic carbocycles. The molecule has 1 aromatic heterocycles. The van der Waals surface area contributed by atoms with Crippen LogP contribution in [0.4, 0.5) is 17.6 Å². The van der Waals surface area contributed by atoms with Gasteiger partial charge in [0.1, 0.15) is 11.6 Å². The molecule has 0 aliphatic heterocycles. The zero-order chi connectivity index (χ0) is 25.8. The summed E-state index contributed by atoms with van der Waals surface area (Å²) in [6.45, 7) is 10.1. The van der Waals surface area contributed by atoms with Crippen molar-refractivity contribution < 1.29 is 31.8 Å². The number of hydrogen-bond donors (Lipinski definition) is 1. The first-order valence-electron chi connectivity index (χ1n) is 10.2. The molecule has 0 aliphatic carbocycles. The van der Waals surface area contributed by atoms with Gasteiger partial charge >= 0.3 is 6.18 Å². The van der Waals surface area contributed by atoms with Gasteiger partial charge < -0.3 is 14.8 Å². The number of rotatable bonds is 10. The largest absolute Gasteiger partial charge is 0.495 e. The van der Waals surface area contributed by atoms with Crippen LogP contribution in [0.5, 0.6) is 5.75 Å². The highest BCUT2D eigenvalue weighted by Gasteiger charge is 2.38. The molecule has 2 rings (SSSR count). The van der Waals surface area contributed by atoms with Crippen LogP contribution >= 0.6 is 0 Å². The summed E-state index contributed by atoms with van der Waals surface area (Å²) in [5.41, 5.74) is -1.16. The van der Waals surface area contributed by atoms with Gasteiger partial charge in [0.2, 0.25) is 0 Å². The highest BCUT2D eigenvalue weighted by Crippen LogP contribution is 2.39. The van der Waals surface area contributed by atoms with Crippen molar-refractivity contribution in [2.75, 3.05) is 20.8 Å². The summed E-state index contributed by atoms with van der Waals surface area (Å²) in [5, 5.41) is 3.05. The molecule has 1 heterocycles. The monoisotopic (exact) mass is 480 g/mol. The smallest absolute Gasteiger partial charge is 0.416 e. The first-order valence-corrected chi connectivity index (χ1v) is 10.2. The van der Waals surface area contributed by atoms with Crippen molar-refractivity contribution >= 4 is 6.47 Å². The lowest BCUT2D eigenvalue weighted by Crippen LogP contribution is -2.42. The van der Waals surface area contributed by atoms with Gasteiger partial charge in [0.05, 0.1) is 36.7 Å². The predicted octanol–water partition coefficient (Wildman–Crippen LogP) is 5.58. The number of alkyl halides is 3. The highest BCUT2D eigenvalue weighted by atomic mass is 19.4. The van der Waals surface area contributed by atoms with Crippen molar-refractivity contribution in [2.24, 2.45) is 0 Å². The van der Waals surface area contributed by atoms with E-state index in [-0.39, 0.29) is 12.0 Å². The molecule has 34 heavy (non-hydrogen) atoms. The molecule has 0 fully saturated rings. The number of halogens is 4. The SMILES string of the molecule is C=C/C=C(\C=C)CC(NC)(c1cc(F)cc(C(F)(F)F)c1)c1ccc(OC)cn1.CCOC=O. The third kappa shape index (κ3) is 7.55. The van der Waals surface area contributed by atoms with Crippen LogP contribution in [0.25, 0.3) is 0 Å². The first kappa shape index (κ1) is 28.6. The van der Waals surface area contributed by atoms with Crippen molar-refractivity contribution in [1.82, 2.24) is 10.3 Å². The predicted molar refractivity (Wildman–Crippen MR) is 123 cm³/mol. The fourth-order valence-electron chi connectivity index (χ4n) is 3.18. The highest BCUT2D eigenvalue weighted by molar-refractivity contribution is 5.42. The number of carbonyl (C=O) groups excluding carboxylic acids is 1. The van der Waals surface area contributed by atoms with Gasteiger partial charge in [-0.3, -0.25) is 9.78 Å². The number of pyridine rings is 1. The van der Waals surface area contributed by atoms with E-state index in [1.54, 1.807) is 44.3 Å². The summed E-state index contributed by atoms with van der Waals surface area (Å²) in [7, 11) is 3.06. The summed E-state index contributed by atoms with van der Waals surface area (Å²) < 4.78 is 63.5. The number of allylic oxidation sites excluding steroid dienone is 3. The Morgan fingerprint density at radius 1 is 1.18 bits per heavy atom. The number of benzene rings is 1. The van der Waals surface area contributed by atoms with Crippen LogP contribution in [0.3, 0.4) is 0 Å². The topological polar surface area (TPSA) is 60.4 Å². The van der Waals surface area contributed by atoms with Gasteiger partial charge in [0.25, 0.3) is 6.47 Å². The van der Waals surface area contributed by atoms with Gasteiger partial charge in [-0.05, 0) is 55.4 Å². The van der Waals surface area contributed by atoms with Crippen LogP contribution in [-0.2, 0) is 21.2 Å². The lowest BCUT2D eigenvalue weighted by Gasteiger charge is -2.35. The molecule has 0 radical (unpaired) electrons. The second kappa shape index (κ2) is 13.3. The number of methoxy groups -OCH3 is 1. The molecular weight excluding hydrogens is 452 g/mol. The number of hydrogen-bond acceptors (Lipinski definition) is 5. The summed E-state index contributed by atoms with van der Waals surface area (Å²) in [6.07, 6.45) is 1.73. The van der Waals surface area contributed by atoms with Crippen molar-refractivity contribution in [3.63, 3.8) is 0 Å². The Balaban J connectivity index is 0.00000104. The average molecular weight is 481 g/mol. The average Bonchev–Trinajstić information content (AvgIpc) is 2.82. The van der Waals surface area contributed by atoms with Gasteiger partial charge in [-0.15, -0.1) is 0 Å². The first-order chi connectivity index (χ1) is 16.1. The van der Waals surface area contributed by atoms with Gasteiger partial charge in [-0.25, -0.2) is 4.39 Å². The van der Waals surface area contributed by atoms with E-state index in [4.69, 9.17) is 4.74 Å². The molecule has 1 unspecified atom stereocenters. The molecule has 1 N–H and O–H groups in total. The van der Waals surface area contributed by atoms with E-state index in [9.17, 15) is 22.4 Å². The molecule has 5 nitrogen and oxygen atoms in total. The van der Waals surface area contributed by atoms with Gasteiger partial charge in [-0.1, -0.05) is 31.4 Å². The minimum Gasteiger partial charge on any atom is -0.495 e. The molecule has 184 valence electrons. The van der Waals surface area contributed by atoms with Crippen LogP contribution < -0.4 is 10.1 Å². The lowest BCUT2D eigenvalue weighted by molar-refractivity contribution is -0.137. The van der Waals surface area contributed by atoms with Crippen molar-refractivity contribution in [3.8, 4) is 5.75 Å². The molecule has 0 spiro atoms.